The molecule has 0 aliphatic carbocycles. The number of aromatic nitrogens is 1. The minimum atomic E-state index is 0.643. The van der Waals surface area contributed by atoms with Crippen molar-refractivity contribution in [3.05, 3.63) is 35.4 Å². The molecule has 0 aliphatic heterocycles. The van der Waals surface area contributed by atoms with Crippen LogP contribution in [0.2, 0.25) is 0 Å². The fourth-order valence-electron chi connectivity index (χ4n) is 1.38. The fraction of sp³-hybridized carbons (Fsp3) is 0.273. The van der Waals surface area contributed by atoms with Crippen LogP contribution in [0, 0.1) is 18.3 Å². The van der Waals surface area contributed by atoms with Gasteiger partial charge in [0.05, 0.1) is 12.0 Å². The number of anilines is 1. The molecule has 0 fully saturated rings. The van der Waals surface area contributed by atoms with Crippen molar-refractivity contribution >= 4 is 16.5 Å². The molecule has 0 spiro atoms. The zero-order valence-electron chi connectivity index (χ0n) is 8.86. The Morgan fingerprint density at radius 3 is 3.19 bits per heavy atom. The first-order chi connectivity index (χ1) is 7.81. The predicted molar refractivity (Wildman–Crippen MR) is 62.5 cm³/mol. The maximum absolute atomic E-state index is 8.93. The number of nitrogens with zero attached hydrogens (tertiary/aromatic N) is 2. The first-order valence-electron chi connectivity index (χ1n) is 4.94. The van der Waals surface area contributed by atoms with Crippen LogP contribution in [0.1, 0.15) is 17.0 Å². The van der Waals surface area contributed by atoms with E-state index in [1.54, 1.807) is 6.26 Å². The SMILES string of the molecule is Cc1nsc(NCCc2ccco2)c1C#N. The average molecular weight is 233 g/mol. The Morgan fingerprint density at radius 2 is 2.50 bits per heavy atom. The molecule has 0 atom stereocenters. The number of furan rings is 1. The predicted octanol–water partition coefficient (Wildman–Crippen LogP) is 2.57. The Bertz CT molecular complexity index is 496. The van der Waals surface area contributed by atoms with Crippen LogP contribution in [0.3, 0.4) is 0 Å². The van der Waals surface area contributed by atoms with Crippen molar-refractivity contribution in [1.82, 2.24) is 4.37 Å². The normalized spacial score (nSPS) is 10.0. The number of nitriles is 1. The van der Waals surface area contributed by atoms with E-state index in [-0.39, 0.29) is 0 Å². The summed E-state index contributed by atoms with van der Waals surface area (Å²) in [4.78, 5) is 0. The van der Waals surface area contributed by atoms with Gasteiger partial charge < -0.3 is 9.73 Å². The van der Waals surface area contributed by atoms with Crippen LogP contribution in [-0.4, -0.2) is 10.9 Å². The van der Waals surface area contributed by atoms with E-state index in [0.29, 0.717) is 5.56 Å². The lowest BCUT2D eigenvalue weighted by molar-refractivity contribution is 0.513. The minimum Gasteiger partial charge on any atom is -0.469 e. The first-order valence-corrected chi connectivity index (χ1v) is 5.71. The molecular weight excluding hydrogens is 222 g/mol. The highest BCUT2D eigenvalue weighted by molar-refractivity contribution is 7.10. The molecule has 0 unspecified atom stereocenters. The van der Waals surface area contributed by atoms with Crippen molar-refractivity contribution in [3.63, 3.8) is 0 Å². The molecule has 0 aliphatic rings. The van der Waals surface area contributed by atoms with Crippen molar-refractivity contribution in [3.8, 4) is 6.07 Å². The Balaban J connectivity index is 1.93. The number of hydrogen-bond acceptors (Lipinski definition) is 5. The van der Waals surface area contributed by atoms with Crippen LogP contribution in [0.4, 0.5) is 5.00 Å². The van der Waals surface area contributed by atoms with Crippen molar-refractivity contribution in [1.29, 1.82) is 5.26 Å². The quantitative estimate of drug-likeness (QED) is 0.881. The first kappa shape index (κ1) is 10.7. The van der Waals surface area contributed by atoms with Gasteiger partial charge >= 0.3 is 0 Å². The number of aryl methyl sites for hydroxylation is 1. The Labute approximate surface area is 97.7 Å². The summed E-state index contributed by atoms with van der Waals surface area (Å²) in [7, 11) is 0. The van der Waals surface area contributed by atoms with E-state index in [1.807, 2.05) is 19.1 Å². The second-order valence-corrected chi connectivity index (χ2v) is 4.11. The van der Waals surface area contributed by atoms with E-state index >= 15 is 0 Å². The summed E-state index contributed by atoms with van der Waals surface area (Å²) >= 11 is 1.32. The van der Waals surface area contributed by atoms with Crippen molar-refractivity contribution in [2.45, 2.75) is 13.3 Å². The molecule has 5 heteroatoms. The number of nitrogens with one attached hydrogen (secondary N) is 1. The van der Waals surface area contributed by atoms with E-state index in [9.17, 15) is 0 Å². The summed E-state index contributed by atoms with van der Waals surface area (Å²) in [6.45, 7) is 2.58. The van der Waals surface area contributed by atoms with Crippen LogP contribution in [0.15, 0.2) is 22.8 Å². The summed E-state index contributed by atoms with van der Waals surface area (Å²) in [6, 6.07) is 5.95. The Morgan fingerprint density at radius 1 is 1.62 bits per heavy atom. The molecule has 0 amide bonds. The highest BCUT2D eigenvalue weighted by Crippen LogP contribution is 2.23. The molecule has 2 rings (SSSR count). The molecule has 0 aromatic carbocycles. The third-order valence-electron chi connectivity index (χ3n) is 2.21. The zero-order chi connectivity index (χ0) is 11.4. The van der Waals surface area contributed by atoms with Gasteiger partial charge in [-0.1, -0.05) is 0 Å². The summed E-state index contributed by atoms with van der Waals surface area (Å²) in [5.74, 6) is 0.937. The molecule has 0 radical (unpaired) electrons. The van der Waals surface area contributed by atoms with Crippen LogP contribution in [-0.2, 0) is 6.42 Å². The van der Waals surface area contributed by atoms with E-state index in [0.717, 1.165) is 29.4 Å². The van der Waals surface area contributed by atoms with E-state index in [2.05, 4.69) is 15.8 Å². The van der Waals surface area contributed by atoms with E-state index in [4.69, 9.17) is 9.68 Å². The minimum absolute atomic E-state index is 0.643. The van der Waals surface area contributed by atoms with Crippen molar-refractivity contribution < 1.29 is 4.42 Å². The summed E-state index contributed by atoms with van der Waals surface area (Å²) in [5, 5.41) is 13.0. The van der Waals surface area contributed by atoms with Gasteiger partial charge in [-0.2, -0.15) is 9.64 Å². The van der Waals surface area contributed by atoms with Crippen LogP contribution in [0.25, 0.3) is 0 Å². The molecular formula is C11H11N3OS. The monoisotopic (exact) mass is 233 g/mol. The topological polar surface area (TPSA) is 61.9 Å². The summed E-state index contributed by atoms with van der Waals surface area (Å²) < 4.78 is 9.35. The van der Waals surface area contributed by atoms with Crippen LogP contribution in [0.5, 0.6) is 0 Å². The lowest BCUT2D eigenvalue weighted by Crippen LogP contribution is -2.03. The third-order valence-corrected chi connectivity index (χ3v) is 3.11. The molecule has 2 aromatic heterocycles. The fourth-order valence-corrected chi connectivity index (χ4v) is 2.15. The lowest BCUT2D eigenvalue weighted by atomic mass is 10.2. The van der Waals surface area contributed by atoms with Gasteiger partial charge in [0.25, 0.3) is 0 Å². The van der Waals surface area contributed by atoms with Crippen molar-refractivity contribution in [2.75, 3.05) is 11.9 Å². The van der Waals surface area contributed by atoms with Crippen LogP contribution >= 0.6 is 11.5 Å². The molecule has 0 bridgehead atoms. The lowest BCUT2D eigenvalue weighted by Gasteiger charge is -2.01. The molecule has 82 valence electrons. The Kier molecular flexibility index (Phi) is 3.22. The number of rotatable bonds is 4. The van der Waals surface area contributed by atoms with Gasteiger partial charge in [0.15, 0.2) is 0 Å². The van der Waals surface area contributed by atoms with Gasteiger partial charge in [-0.25, -0.2) is 0 Å². The van der Waals surface area contributed by atoms with Gasteiger partial charge in [0.2, 0.25) is 0 Å². The highest BCUT2D eigenvalue weighted by Gasteiger charge is 2.09. The molecule has 1 N–H and O–H groups in total. The average Bonchev–Trinajstić information content (AvgIpc) is 2.89. The summed E-state index contributed by atoms with van der Waals surface area (Å²) in [6.07, 6.45) is 2.46. The molecule has 16 heavy (non-hydrogen) atoms. The summed E-state index contributed by atoms with van der Waals surface area (Å²) in [5.41, 5.74) is 1.43. The smallest absolute Gasteiger partial charge is 0.127 e. The molecule has 2 heterocycles. The van der Waals surface area contributed by atoms with Gasteiger partial charge in [0.1, 0.15) is 22.4 Å². The maximum atomic E-state index is 8.93. The highest BCUT2D eigenvalue weighted by atomic mass is 32.1. The van der Waals surface area contributed by atoms with Crippen molar-refractivity contribution in [2.24, 2.45) is 0 Å². The zero-order valence-corrected chi connectivity index (χ0v) is 9.67. The van der Waals surface area contributed by atoms with Gasteiger partial charge in [-0.3, -0.25) is 0 Å². The van der Waals surface area contributed by atoms with Gasteiger partial charge in [0, 0.05) is 13.0 Å². The Hall–Kier alpha value is -1.80. The second-order valence-electron chi connectivity index (χ2n) is 3.34. The van der Waals surface area contributed by atoms with Gasteiger partial charge in [-0.05, 0) is 30.6 Å². The van der Waals surface area contributed by atoms with Gasteiger partial charge in [-0.15, -0.1) is 0 Å². The number of hydrogen-bond donors (Lipinski definition) is 1. The largest absolute Gasteiger partial charge is 0.469 e. The second kappa shape index (κ2) is 4.81. The van der Waals surface area contributed by atoms with Crippen LogP contribution < -0.4 is 5.32 Å². The third kappa shape index (κ3) is 2.23. The van der Waals surface area contributed by atoms with E-state index in [1.165, 1.54) is 11.5 Å². The maximum Gasteiger partial charge on any atom is 0.127 e. The molecule has 4 nitrogen and oxygen atoms in total. The molecule has 0 saturated carbocycles. The molecule has 0 saturated heterocycles. The standard InChI is InChI=1S/C11H11N3OS/c1-8-10(7-12)11(16-14-8)13-5-4-9-3-2-6-15-9/h2-3,6,13H,4-5H2,1H3. The van der Waals surface area contributed by atoms with E-state index < -0.39 is 0 Å². The molecule has 2 aromatic rings.